The summed E-state index contributed by atoms with van der Waals surface area (Å²) in [5.74, 6) is 1.47. The summed E-state index contributed by atoms with van der Waals surface area (Å²) in [6.07, 6.45) is 4.62. The van der Waals surface area contributed by atoms with E-state index in [-0.39, 0.29) is 25.2 Å². The van der Waals surface area contributed by atoms with Crippen molar-refractivity contribution in [3.8, 4) is 11.5 Å². The highest BCUT2D eigenvalue weighted by Crippen LogP contribution is 2.32. The first-order chi connectivity index (χ1) is 12.1. The molecule has 1 aromatic heterocycles. The van der Waals surface area contributed by atoms with Gasteiger partial charge in [0.25, 0.3) is 0 Å². The maximum atomic E-state index is 12.1. The van der Waals surface area contributed by atoms with Crippen LogP contribution in [0.4, 0.5) is 0 Å². The standard InChI is InChI=1S/C18H18N2O5/c1-20(11-17(21)19-10-14-3-2-8-23-14)18(22)7-5-13-4-6-15-16(9-13)25-12-24-15/h2-9H,10-12H2,1H3,(H,19,21)/b7-5+. The summed E-state index contributed by atoms with van der Waals surface area (Å²) < 4.78 is 15.7. The van der Waals surface area contributed by atoms with Gasteiger partial charge in [0.1, 0.15) is 5.76 Å². The number of furan rings is 1. The van der Waals surface area contributed by atoms with Crippen molar-refractivity contribution in [2.45, 2.75) is 6.54 Å². The average Bonchev–Trinajstić information content (AvgIpc) is 3.28. The zero-order valence-corrected chi connectivity index (χ0v) is 13.7. The number of carbonyl (C=O) groups excluding carboxylic acids is 2. The maximum absolute atomic E-state index is 12.1. The van der Waals surface area contributed by atoms with E-state index < -0.39 is 0 Å². The normalized spacial score (nSPS) is 12.4. The van der Waals surface area contributed by atoms with Gasteiger partial charge in [-0.25, -0.2) is 0 Å². The quantitative estimate of drug-likeness (QED) is 0.810. The van der Waals surface area contributed by atoms with Crippen molar-refractivity contribution in [3.63, 3.8) is 0 Å². The lowest BCUT2D eigenvalue weighted by molar-refractivity contribution is -0.131. The van der Waals surface area contributed by atoms with Crippen molar-refractivity contribution in [3.05, 3.63) is 54.0 Å². The number of likely N-dealkylation sites (N-methyl/N-ethyl adjacent to an activating group) is 1. The van der Waals surface area contributed by atoms with Crippen molar-refractivity contribution in [2.24, 2.45) is 0 Å². The number of nitrogens with one attached hydrogen (secondary N) is 1. The van der Waals surface area contributed by atoms with Gasteiger partial charge in [0.05, 0.1) is 19.4 Å². The van der Waals surface area contributed by atoms with Gasteiger partial charge < -0.3 is 24.1 Å². The van der Waals surface area contributed by atoms with Crippen molar-refractivity contribution in [1.82, 2.24) is 10.2 Å². The predicted octanol–water partition coefficient (Wildman–Crippen LogP) is 1.80. The molecule has 0 saturated carbocycles. The highest BCUT2D eigenvalue weighted by molar-refractivity contribution is 5.94. The van der Waals surface area contributed by atoms with Gasteiger partial charge in [0.2, 0.25) is 18.6 Å². The minimum Gasteiger partial charge on any atom is -0.467 e. The van der Waals surface area contributed by atoms with E-state index >= 15 is 0 Å². The molecule has 7 heteroatoms. The van der Waals surface area contributed by atoms with Gasteiger partial charge in [-0.3, -0.25) is 9.59 Å². The number of hydrogen-bond donors (Lipinski definition) is 1. The molecule has 1 N–H and O–H groups in total. The van der Waals surface area contributed by atoms with E-state index in [0.29, 0.717) is 23.8 Å². The molecule has 2 heterocycles. The fraction of sp³-hybridized carbons (Fsp3) is 0.222. The van der Waals surface area contributed by atoms with Gasteiger partial charge in [-0.1, -0.05) is 6.07 Å². The van der Waals surface area contributed by atoms with Crippen LogP contribution in [0.15, 0.2) is 47.1 Å². The summed E-state index contributed by atoms with van der Waals surface area (Å²) in [5, 5.41) is 2.69. The van der Waals surface area contributed by atoms with Gasteiger partial charge in [0, 0.05) is 13.1 Å². The van der Waals surface area contributed by atoms with E-state index in [1.807, 2.05) is 6.07 Å². The minimum atomic E-state index is -0.272. The first-order valence-electron chi connectivity index (χ1n) is 7.74. The fourth-order valence-corrected chi connectivity index (χ4v) is 2.26. The maximum Gasteiger partial charge on any atom is 0.246 e. The number of fused-ring (bicyclic) bond motifs is 1. The molecule has 2 amide bonds. The first kappa shape index (κ1) is 16.6. The van der Waals surface area contributed by atoms with Crippen molar-refractivity contribution in [2.75, 3.05) is 20.4 Å². The van der Waals surface area contributed by atoms with Crippen LogP contribution in [-0.4, -0.2) is 37.1 Å². The number of benzene rings is 1. The summed E-state index contributed by atoms with van der Waals surface area (Å²) in [4.78, 5) is 25.3. The summed E-state index contributed by atoms with van der Waals surface area (Å²) >= 11 is 0. The van der Waals surface area contributed by atoms with Crippen LogP contribution in [-0.2, 0) is 16.1 Å². The fourth-order valence-electron chi connectivity index (χ4n) is 2.26. The van der Waals surface area contributed by atoms with Gasteiger partial charge in [-0.2, -0.15) is 0 Å². The number of carbonyl (C=O) groups is 2. The monoisotopic (exact) mass is 342 g/mol. The van der Waals surface area contributed by atoms with E-state index in [9.17, 15) is 9.59 Å². The van der Waals surface area contributed by atoms with Gasteiger partial charge >= 0.3 is 0 Å². The molecule has 25 heavy (non-hydrogen) atoms. The van der Waals surface area contributed by atoms with E-state index in [0.717, 1.165) is 5.56 Å². The molecule has 0 bridgehead atoms. The highest BCUT2D eigenvalue weighted by atomic mass is 16.7. The zero-order valence-electron chi connectivity index (χ0n) is 13.7. The van der Waals surface area contributed by atoms with Crippen LogP contribution in [0.2, 0.25) is 0 Å². The summed E-state index contributed by atoms with van der Waals surface area (Å²) in [6, 6.07) is 8.93. The minimum absolute atomic E-state index is 0.0367. The van der Waals surface area contributed by atoms with Crippen LogP contribution in [0.3, 0.4) is 0 Å². The molecule has 0 unspecified atom stereocenters. The third-order valence-electron chi connectivity index (χ3n) is 3.61. The largest absolute Gasteiger partial charge is 0.467 e. The Balaban J connectivity index is 1.49. The van der Waals surface area contributed by atoms with E-state index in [4.69, 9.17) is 13.9 Å². The molecule has 2 aromatic rings. The summed E-state index contributed by atoms with van der Waals surface area (Å²) in [5.41, 5.74) is 0.813. The smallest absolute Gasteiger partial charge is 0.246 e. The van der Waals surface area contributed by atoms with Crippen LogP contribution in [0.5, 0.6) is 11.5 Å². The Hall–Kier alpha value is -3.22. The molecule has 0 saturated heterocycles. The lowest BCUT2D eigenvalue weighted by atomic mass is 10.2. The molecule has 0 spiro atoms. The average molecular weight is 342 g/mol. The molecule has 0 atom stereocenters. The number of ether oxygens (including phenoxy) is 2. The Morgan fingerprint density at radius 1 is 1.24 bits per heavy atom. The molecule has 0 aliphatic carbocycles. The van der Waals surface area contributed by atoms with E-state index in [2.05, 4.69) is 5.32 Å². The number of nitrogens with zero attached hydrogens (tertiary/aromatic N) is 1. The second-order valence-corrected chi connectivity index (χ2v) is 5.50. The third kappa shape index (κ3) is 4.41. The Kier molecular flexibility index (Phi) is 5.03. The third-order valence-corrected chi connectivity index (χ3v) is 3.61. The Morgan fingerprint density at radius 3 is 2.88 bits per heavy atom. The van der Waals surface area contributed by atoms with Crippen molar-refractivity contribution < 1.29 is 23.5 Å². The first-order valence-corrected chi connectivity index (χ1v) is 7.74. The summed E-state index contributed by atoms with van der Waals surface area (Å²) in [6.45, 7) is 0.462. The van der Waals surface area contributed by atoms with Crippen molar-refractivity contribution >= 4 is 17.9 Å². The van der Waals surface area contributed by atoms with Crippen LogP contribution < -0.4 is 14.8 Å². The lowest BCUT2D eigenvalue weighted by Crippen LogP contribution is -2.37. The van der Waals surface area contributed by atoms with E-state index in [1.54, 1.807) is 37.4 Å². The van der Waals surface area contributed by atoms with Gasteiger partial charge in [-0.15, -0.1) is 0 Å². The molecular formula is C18H18N2O5. The molecule has 1 aliphatic rings. The van der Waals surface area contributed by atoms with Crippen LogP contribution >= 0.6 is 0 Å². The number of hydrogen-bond acceptors (Lipinski definition) is 5. The molecule has 1 aromatic carbocycles. The Labute approximate surface area is 144 Å². The lowest BCUT2D eigenvalue weighted by Gasteiger charge is -2.14. The Morgan fingerprint density at radius 2 is 2.08 bits per heavy atom. The predicted molar refractivity (Wildman–Crippen MR) is 89.8 cm³/mol. The van der Waals surface area contributed by atoms with Crippen LogP contribution in [0.1, 0.15) is 11.3 Å². The molecule has 0 radical (unpaired) electrons. The SMILES string of the molecule is CN(CC(=O)NCc1ccco1)C(=O)/C=C/c1ccc2c(c1)OCO2. The molecule has 130 valence electrons. The molecule has 0 fully saturated rings. The zero-order chi connectivity index (χ0) is 17.6. The van der Waals surface area contributed by atoms with Crippen molar-refractivity contribution in [1.29, 1.82) is 0 Å². The molecular weight excluding hydrogens is 324 g/mol. The molecule has 3 rings (SSSR count). The van der Waals surface area contributed by atoms with Crippen LogP contribution in [0.25, 0.3) is 6.08 Å². The summed E-state index contributed by atoms with van der Waals surface area (Å²) in [7, 11) is 1.57. The number of rotatable bonds is 6. The molecule has 1 aliphatic heterocycles. The highest BCUT2D eigenvalue weighted by Gasteiger charge is 2.13. The molecule has 7 nitrogen and oxygen atoms in total. The Bertz CT molecular complexity index is 783. The topological polar surface area (TPSA) is 81.0 Å². The van der Waals surface area contributed by atoms with E-state index in [1.165, 1.54) is 17.2 Å². The van der Waals surface area contributed by atoms with Gasteiger partial charge in [0.15, 0.2) is 11.5 Å². The second-order valence-electron chi connectivity index (χ2n) is 5.50. The van der Waals surface area contributed by atoms with Crippen LogP contribution in [0, 0.1) is 0 Å². The second kappa shape index (κ2) is 7.57. The van der Waals surface area contributed by atoms with Gasteiger partial charge in [-0.05, 0) is 35.9 Å². The number of amides is 2.